The number of ether oxygens (including phenoxy) is 2. The Labute approximate surface area is 164 Å². The van der Waals surface area contributed by atoms with Crippen molar-refractivity contribution >= 4 is 11.8 Å². The molecule has 1 fully saturated rings. The number of methoxy groups -OCH3 is 2. The van der Waals surface area contributed by atoms with Crippen LogP contribution in [0.15, 0.2) is 48.5 Å². The van der Waals surface area contributed by atoms with Crippen LogP contribution in [-0.4, -0.2) is 62.0 Å². The van der Waals surface area contributed by atoms with Crippen molar-refractivity contribution in [2.75, 3.05) is 40.4 Å². The maximum absolute atomic E-state index is 12.9. The molecule has 148 valence electrons. The van der Waals surface area contributed by atoms with E-state index >= 15 is 0 Å². The second-order valence-electron chi connectivity index (χ2n) is 6.61. The van der Waals surface area contributed by atoms with E-state index in [1.54, 1.807) is 42.2 Å². The van der Waals surface area contributed by atoms with E-state index in [9.17, 15) is 9.59 Å². The van der Waals surface area contributed by atoms with E-state index in [0.717, 1.165) is 5.56 Å². The number of rotatable bonds is 5. The first-order chi connectivity index (χ1) is 13.5. The van der Waals surface area contributed by atoms with Gasteiger partial charge in [0.1, 0.15) is 17.5 Å². The Bertz CT molecular complexity index is 811. The van der Waals surface area contributed by atoms with Gasteiger partial charge in [0.05, 0.1) is 14.2 Å². The van der Waals surface area contributed by atoms with E-state index in [-0.39, 0.29) is 11.8 Å². The third kappa shape index (κ3) is 4.26. The second kappa shape index (κ2) is 8.75. The minimum atomic E-state index is -0.689. The molecule has 0 spiro atoms. The van der Waals surface area contributed by atoms with E-state index in [1.807, 2.05) is 30.3 Å². The number of carbonyl (C=O) groups excluding carboxylic acids is 2. The molecule has 7 nitrogen and oxygen atoms in total. The number of hydrogen-bond acceptors (Lipinski definition) is 5. The molecule has 0 aromatic heterocycles. The highest BCUT2D eigenvalue weighted by atomic mass is 16.5. The number of hydrogen-bond donors (Lipinski definition) is 1. The zero-order chi connectivity index (χ0) is 20.1. The Morgan fingerprint density at radius 1 is 0.893 bits per heavy atom. The van der Waals surface area contributed by atoms with Crippen LogP contribution in [0.2, 0.25) is 0 Å². The van der Waals surface area contributed by atoms with Crippen molar-refractivity contribution in [3.63, 3.8) is 0 Å². The van der Waals surface area contributed by atoms with E-state index < -0.39 is 6.04 Å². The Balaban J connectivity index is 1.63. The lowest BCUT2D eigenvalue weighted by Gasteiger charge is -2.36. The zero-order valence-corrected chi connectivity index (χ0v) is 16.1. The summed E-state index contributed by atoms with van der Waals surface area (Å²) in [6, 6.07) is 13.7. The number of nitrogens with zero attached hydrogens (tertiary/aromatic N) is 2. The molecule has 3 rings (SSSR count). The summed E-state index contributed by atoms with van der Waals surface area (Å²) in [4.78, 5) is 29.0. The number of carbonyl (C=O) groups is 2. The Morgan fingerprint density at radius 2 is 1.43 bits per heavy atom. The van der Waals surface area contributed by atoms with Crippen molar-refractivity contribution in [3.8, 4) is 11.5 Å². The summed E-state index contributed by atoms with van der Waals surface area (Å²) in [6.45, 7) is 1.80. The van der Waals surface area contributed by atoms with Gasteiger partial charge in [0.2, 0.25) is 5.91 Å². The topological polar surface area (TPSA) is 85.1 Å². The van der Waals surface area contributed by atoms with Crippen LogP contribution in [-0.2, 0) is 4.79 Å². The molecule has 2 aromatic rings. The fraction of sp³-hybridized carbons (Fsp3) is 0.333. The Hall–Kier alpha value is -3.06. The average molecular weight is 383 g/mol. The van der Waals surface area contributed by atoms with Gasteiger partial charge in [0.25, 0.3) is 5.91 Å². The largest absolute Gasteiger partial charge is 0.497 e. The SMILES string of the molecule is COc1cc(OC)cc(C(=O)N2CCN(C(=O)C(N)c3ccccc3)CC2)c1. The molecule has 1 heterocycles. The van der Waals surface area contributed by atoms with E-state index in [2.05, 4.69) is 0 Å². The van der Waals surface area contributed by atoms with Gasteiger partial charge in [-0.1, -0.05) is 30.3 Å². The first-order valence-electron chi connectivity index (χ1n) is 9.15. The fourth-order valence-electron chi connectivity index (χ4n) is 3.24. The third-order valence-corrected chi connectivity index (χ3v) is 4.90. The highest BCUT2D eigenvalue weighted by molar-refractivity contribution is 5.95. The maximum Gasteiger partial charge on any atom is 0.254 e. The lowest BCUT2D eigenvalue weighted by molar-refractivity contribution is -0.134. The summed E-state index contributed by atoms with van der Waals surface area (Å²) < 4.78 is 10.5. The molecule has 0 radical (unpaired) electrons. The molecule has 2 N–H and O–H groups in total. The van der Waals surface area contributed by atoms with Crippen molar-refractivity contribution in [2.45, 2.75) is 6.04 Å². The molecular weight excluding hydrogens is 358 g/mol. The quantitative estimate of drug-likeness (QED) is 0.849. The van der Waals surface area contributed by atoms with Crippen LogP contribution in [0.3, 0.4) is 0 Å². The first kappa shape index (κ1) is 19.7. The molecule has 0 bridgehead atoms. The van der Waals surface area contributed by atoms with Gasteiger partial charge in [-0.15, -0.1) is 0 Å². The standard InChI is InChI=1S/C21H25N3O4/c1-27-17-12-16(13-18(14-17)28-2)20(25)23-8-10-24(11-9-23)21(26)19(22)15-6-4-3-5-7-15/h3-7,12-14,19H,8-11,22H2,1-2H3. The Kier molecular flexibility index (Phi) is 6.16. The molecule has 2 amide bonds. The van der Waals surface area contributed by atoms with Crippen molar-refractivity contribution in [1.82, 2.24) is 9.80 Å². The van der Waals surface area contributed by atoms with Gasteiger partial charge < -0.3 is 25.0 Å². The molecule has 1 aliphatic heterocycles. The lowest BCUT2D eigenvalue weighted by Crippen LogP contribution is -2.52. The Morgan fingerprint density at radius 3 is 1.96 bits per heavy atom. The monoisotopic (exact) mass is 383 g/mol. The number of benzene rings is 2. The molecule has 1 saturated heterocycles. The van der Waals surface area contributed by atoms with Gasteiger partial charge in [-0.25, -0.2) is 0 Å². The van der Waals surface area contributed by atoms with Crippen LogP contribution in [0, 0.1) is 0 Å². The highest BCUT2D eigenvalue weighted by Gasteiger charge is 2.28. The normalized spacial score (nSPS) is 15.1. The zero-order valence-electron chi connectivity index (χ0n) is 16.1. The number of amides is 2. The third-order valence-electron chi connectivity index (χ3n) is 4.90. The smallest absolute Gasteiger partial charge is 0.254 e. The second-order valence-corrected chi connectivity index (χ2v) is 6.61. The van der Waals surface area contributed by atoms with Crippen LogP contribution in [0.4, 0.5) is 0 Å². The van der Waals surface area contributed by atoms with E-state index in [0.29, 0.717) is 43.2 Å². The van der Waals surface area contributed by atoms with Gasteiger partial charge in [0.15, 0.2) is 0 Å². The average Bonchev–Trinajstić information content (AvgIpc) is 2.77. The minimum Gasteiger partial charge on any atom is -0.497 e. The predicted octanol–water partition coefficient (Wildman–Crippen LogP) is 1.69. The molecule has 1 aliphatic rings. The van der Waals surface area contributed by atoms with Gasteiger partial charge >= 0.3 is 0 Å². The summed E-state index contributed by atoms with van der Waals surface area (Å²) in [5.41, 5.74) is 7.40. The summed E-state index contributed by atoms with van der Waals surface area (Å²) in [6.07, 6.45) is 0. The van der Waals surface area contributed by atoms with Crippen LogP contribution < -0.4 is 15.2 Å². The van der Waals surface area contributed by atoms with Crippen molar-refractivity contribution in [1.29, 1.82) is 0 Å². The molecule has 0 aliphatic carbocycles. The maximum atomic E-state index is 12.9. The molecule has 0 saturated carbocycles. The number of nitrogens with two attached hydrogens (primary N) is 1. The predicted molar refractivity (Wildman–Crippen MR) is 105 cm³/mol. The van der Waals surface area contributed by atoms with Gasteiger partial charge in [-0.3, -0.25) is 9.59 Å². The fourth-order valence-corrected chi connectivity index (χ4v) is 3.24. The minimum absolute atomic E-state index is 0.114. The summed E-state index contributed by atoms with van der Waals surface area (Å²) >= 11 is 0. The molecule has 2 aromatic carbocycles. The van der Waals surface area contributed by atoms with Gasteiger partial charge in [-0.2, -0.15) is 0 Å². The molecule has 1 atom stereocenters. The number of piperazine rings is 1. The van der Waals surface area contributed by atoms with Gasteiger partial charge in [-0.05, 0) is 17.7 Å². The molecule has 28 heavy (non-hydrogen) atoms. The van der Waals surface area contributed by atoms with E-state index in [4.69, 9.17) is 15.2 Å². The molecule has 7 heteroatoms. The summed E-state index contributed by atoms with van der Waals surface area (Å²) in [5, 5.41) is 0. The van der Waals surface area contributed by atoms with Gasteiger partial charge in [0, 0.05) is 37.8 Å². The first-order valence-corrected chi connectivity index (χ1v) is 9.15. The van der Waals surface area contributed by atoms with Crippen LogP contribution >= 0.6 is 0 Å². The van der Waals surface area contributed by atoms with E-state index in [1.165, 1.54) is 0 Å². The van der Waals surface area contributed by atoms with Crippen molar-refractivity contribution < 1.29 is 19.1 Å². The highest BCUT2D eigenvalue weighted by Crippen LogP contribution is 2.24. The summed E-state index contributed by atoms with van der Waals surface area (Å²) in [7, 11) is 3.09. The summed E-state index contributed by atoms with van der Waals surface area (Å²) in [5.74, 6) is 0.883. The van der Waals surface area contributed by atoms with Crippen LogP contribution in [0.5, 0.6) is 11.5 Å². The molecule has 1 unspecified atom stereocenters. The molecular formula is C21H25N3O4. The lowest BCUT2D eigenvalue weighted by atomic mass is 10.1. The van der Waals surface area contributed by atoms with Crippen molar-refractivity contribution in [3.05, 3.63) is 59.7 Å². The van der Waals surface area contributed by atoms with Crippen LogP contribution in [0.25, 0.3) is 0 Å². The van der Waals surface area contributed by atoms with Crippen molar-refractivity contribution in [2.24, 2.45) is 5.73 Å². The van der Waals surface area contributed by atoms with Crippen LogP contribution in [0.1, 0.15) is 22.0 Å².